The number of thioether (sulfide) groups is 1. The van der Waals surface area contributed by atoms with E-state index in [1.54, 1.807) is 5.48 Å². The van der Waals surface area contributed by atoms with E-state index in [4.69, 9.17) is 16.8 Å². The molecule has 0 spiro atoms. The number of benzene rings is 2. The number of amides is 1. The van der Waals surface area contributed by atoms with Crippen molar-refractivity contribution in [2.75, 3.05) is 11.5 Å². The molecule has 0 aliphatic heterocycles. The number of aryl methyl sites for hydroxylation is 1. The molecule has 2 rings (SSSR count). The van der Waals surface area contributed by atoms with Crippen molar-refractivity contribution in [2.45, 2.75) is 12.8 Å². The summed E-state index contributed by atoms with van der Waals surface area (Å²) in [6, 6.07) is 16.3. The Hall–Kier alpha value is -1.49. The third-order valence-corrected chi connectivity index (χ3v) is 4.54. The highest BCUT2D eigenvalue weighted by Crippen LogP contribution is 2.22. The van der Waals surface area contributed by atoms with Crippen molar-refractivity contribution in [3.8, 4) is 11.1 Å². The summed E-state index contributed by atoms with van der Waals surface area (Å²) in [6.07, 6.45) is 1.98. The van der Waals surface area contributed by atoms with Crippen LogP contribution in [0.2, 0.25) is 5.02 Å². The fourth-order valence-corrected chi connectivity index (χ4v) is 2.95. The van der Waals surface area contributed by atoms with Crippen LogP contribution in [-0.2, 0) is 11.2 Å². The summed E-state index contributed by atoms with van der Waals surface area (Å²) in [5, 5.41) is 9.13. The monoisotopic (exact) mass is 335 g/mol. The van der Waals surface area contributed by atoms with Crippen LogP contribution < -0.4 is 5.48 Å². The summed E-state index contributed by atoms with van der Waals surface area (Å²) < 4.78 is 0. The van der Waals surface area contributed by atoms with Gasteiger partial charge in [-0.25, -0.2) is 5.48 Å². The second kappa shape index (κ2) is 8.83. The summed E-state index contributed by atoms with van der Waals surface area (Å²) in [6.45, 7) is 0. The van der Waals surface area contributed by atoms with E-state index in [1.165, 1.54) is 22.9 Å². The zero-order valence-corrected chi connectivity index (χ0v) is 13.7. The molecule has 1 amide bonds. The molecule has 0 heterocycles. The highest BCUT2D eigenvalue weighted by atomic mass is 35.5. The van der Waals surface area contributed by atoms with Gasteiger partial charge in [0.25, 0.3) is 5.91 Å². The van der Waals surface area contributed by atoms with Gasteiger partial charge < -0.3 is 0 Å². The average Bonchev–Trinajstić information content (AvgIpc) is 2.55. The molecule has 0 fully saturated rings. The van der Waals surface area contributed by atoms with Crippen LogP contribution in [0.1, 0.15) is 12.0 Å². The van der Waals surface area contributed by atoms with Crippen LogP contribution in [0.5, 0.6) is 0 Å². The lowest BCUT2D eigenvalue weighted by Gasteiger charge is -2.05. The SMILES string of the molecule is O=C(CSCCCc1ccc(-c2ccc(Cl)cc2)cc1)NO. The summed E-state index contributed by atoms with van der Waals surface area (Å²) in [7, 11) is 0. The van der Waals surface area contributed by atoms with E-state index in [0.29, 0.717) is 5.75 Å². The Kier molecular flexibility index (Phi) is 6.77. The third-order valence-electron chi connectivity index (χ3n) is 3.24. The first-order valence-electron chi connectivity index (χ1n) is 7.04. The molecule has 0 aromatic heterocycles. The molecule has 2 aromatic carbocycles. The summed E-state index contributed by atoms with van der Waals surface area (Å²) in [4.78, 5) is 10.8. The van der Waals surface area contributed by atoms with Gasteiger partial charge >= 0.3 is 0 Å². The summed E-state index contributed by atoms with van der Waals surface area (Å²) >= 11 is 7.42. The van der Waals surface area contributed by atoms with Gasteiger partial charge in [-0.2, -0.15) is 11.8 Å². The van der Waals surface area contributed by atoms with Crippen LogP contribution in [0.3, 0.4) is 0 Å². The van der Waals surface area contributed by atoms with Crippen LogP contribution in [0.25, 0.3) is 11.1 Å². The average molecular weight is 336 g/mol. The Labute approximate surface area is 139 Å². The lowest BCUT2D eigenvalue weighted by Crippen LogP contribution is -2.20. The van der Waals surface area contributed by atoms with Gasteiger partial charge in [0.05, 0.1) is 5.75 Å². The van der Waals surface area contributed by atoms with Crippen molar-refractivity contribution in [2.24, 2.45) is 0 Å². The van der Waals surface area contributed by atoms with E-state index in [9.17, 15) is 4.79 Å². The number of hydrogen-bond donors (Lipinski definition) is 2. The van der Waals surface area contributed by atoms with Gasteiger partial charge in [0.2, 0.25) is 0 Å². The van der Waals surface area contributed by atoms with E-state index in [-0.39, 0.29) is 5.91 Å². The normalized spacial score (nSPS) is 10.5. The molecule has 22 heavy (non-hydrogen) atoms. The van der Waals surface area contributed by atoms with Crippen molar-refractivity contribution in [1.82, 2.24) is 5.48 Å². The molecule has 0 saturated heterocycles. The van der Waals surface area contributed by atoms with Gasteiger partial charge in [-0.3, -0.25) is 10.0 Å². The smallest absolute Gasteiger partial charge is 0.253 e. The quantitative estimate of drug-likeness (QED) is 0.453. The summed E-state index contributed by atoms with van der Waals surface area (Å²) in [5.74, 6) is 0.843. The zero-order valence-electron chi connectivity index (χ0n) is 12.1. The molecule has 116 valence electrons. The second-order valence-electron chi connectivity index (χ2n) is 4.89. The van der Waals surface area contributed by atoms with Crippen LogP contribution >= 0.6 is 23.4 Å². The van der Waals surface area contributed by atoms with E-state index in [0.717, 1.165) is 29.2 Å². The second-order valence-corrected chi connectivity index (χ2v) is 6.44. The van der Waals surface area contributed by atoms with Gasteiger partial charge in [-0.15, -0.1) is 0 Å². The molecule has 0 unspecified atom stereocenters. The minimum Gasteiger partial charge on any atom is -0.289 e. The number of rotatable bonds is 7. The Morgan fingerprint density at radius 1 is 1.05 bits per heavy atom. The van der Waals surface area contributed by atoms with Gasteiger partial charge in [-0.05, 0) is 47.4 Å². The number of carbonyl (C=O) groups excluding carboxylic acids is 1. The van der Waals surface area contributed by atoms with E-state index in [2.05, 4.69) is 24.3 Å². The number of hydrogen-bond acceptors (Lipinski definition) is 3. The fourth-order valence-electron chi connectivity index (χ4n) is 2.08. The maximum atomic E-state index is 10.8. The van der Waals surface area contributed by atoms with Gasteiger partial charge in [0.15, 0.2) is 0 Å². The molecule has 0 atom stereocenters. The van der Waals surface area contributed by atoms with Crippen molar-refractivity contribution >= 4 is 29.3 Å². The maximum absolute atomic E-state index is 10.8. The molecule has 0 radical (unpaired) electrons. The van der Waals surface area contributed by atoms with Crippen molar-refractivity contribution in [3.63, 3.8) is 0 Å². The molecule has 5 heteroatoms. The van der Waals surface area contributed by atoms with E-state index in [1.807, 2.05) is 24.3 Å². The lowest BCUT2D eigenvalue weighted by atomic mass is 10.0. The first-order chi connectivity index (χ1) is 10.7. The predicted molar refractivity (Wildman–Crippen MR) is 92.5 cm³/mol. The standard InChI is InChI=1S/C17H18ClNO2S/c18-16-9-7-15(8-10-16)14-5-3-13(4-6-14)2-1-11-22-12-17(20)19-21/h3-10,21H,1-2,11-12H2,(H,19,20). The topological polar surface area (TPSA) is 49.3 Å². The van der Waals surface area contributed by atoms with E-state index < -0.39 is 0 Å². The highest BCUT2D eigenvalue weighted by Gasteiger charge is 2.01. The number of hydroxylamine groups is 1. The minimum absolute atomic E-state index is 0.298. The zero-order chi connectivity index (χ0) is 15.8. The third kappa shape index (κ3) is 5.37. The van der Waals surface area contributed by atoms with Crippen LogP contribution in [0.4, 0.5) is 0 Å². The molecule has 0 aliphatic carbocycles. The Morgan fingerprint density at radius 3 is 2.23 bits per heavy atom. The van der Waals surface area contributed by atoms with Crippen molar-refractivity contribution in [1.29, 1.82) is 0 Å². The highest BCUT2D eigenvalue weighted by molar-refractivity contribution is 7.99. The fraction of sp³-hybridized carbons (Fsp3) is 0.235. The van der Waals surface area contributed by atoms with Crippen molar-refractivity contribution in [3.05, 3.63) is 59.1 Å². The predicted octanol–water partition coefficient (Wildman–Crippen LogP) is 4.18. The largest absolute Gasteiger partial charge is 0.289 e. The molecule has 2 N–H and O–H groups in total. The number of nitrogens with one attached hydrogen (secondary N) is 1. The molecule has 0 aliphatic rings. The molecule has 0 saturated carbocycles. The number of halogens is 1. The van der Waals surface area contributed by atoms with Crippen LogP contribution in [-0.4, -0.2) is 22.6 Å². The first-order valence-corrected chi connectivity index (χ1v) is 8.58. The maximum Gasteiger partial charge on any atom is 0.253 e. The molecule has 2 aromatic rings. The van der Waals surface area contributed by atoms with Gasteiger partial charge in [0, 0.05) is 5.02 Å². The Morgan fingerprint density at radius 2 is 1.64 bits per heavy atom. The molecule has 0 bridgehead atoms. The molecular formula is C17H18ClNO2S. The summed E-state index contributed by atoms with van der Waals surface area (Å²) in [5.41, 5.74) is 5.24. The van der Waals surface area contributed by atoms with Crippen LogP contribution in [0, 0.1) is 0 Å². The minimum atomic E-state index is -0.350. The van der Waals surface area contributed by atoms with Gasteiger partial charge in [-0.1, -0.05) is 48.0 Å². The van der Waals surface area contributed by atoms with Crippen molar-refractivity contribution < 1.29 is 10.0 Å². The van der Waals surface area contributed by atoms with Crippen LogP contribution in [0.15, 0.2) is 48.5 Å². The number of carbonyl (C=O) groups is 1. The molecule has 3 nitrogen and oxygen atoms in total. The first kappa shape index (κ1) is 16.9. The molecular weight excluding hydrogens is 318 g/mol. The Bertz CT molecular complexity index is 599. The Balaban J connectivity index is 1.79. The van der Waals surface area contributed by atoms with Gasteiger partial charge in [0.1, 0.15) is 0 Å². The lowest BCUT2D eigenvalue weighted by molar-refractivity contribution is -0.126. The van der Waals surface area contributed by atoms with E-state index >= 15 is 0 Å².